The van der Waals surface area contributed by atoms with Crippen molar-refractivity contribution in [1.29, 1.82) is 0 Å². The average molecular weight is 545 g/mol. The van der Waals surface area contributed by atoms with Gasteiger partial charge in [-0.2, -0.15) is 0 Å². The molecule has 0 aromatic heterocycles. The maximum atomic E-state index is 7.28. The molecule has 1 aliphatic heterocycles. The molecule has 1 heterocycles. The molecule has 0 radical (unpaired) electrons. The molecule has 3 fully saturated rings. The molecule has 2 saturated carbocycles. The molecule has 6 nitrogen and oxygen atoms in total. The third-order valence-electron chi connectivity index (χ3n) is 9.22. The summed E-state index contributed by atoms with van der Waals surface area (Å²) in [6.45, 7) is 24.6. The third-order valence-corrected chi connectivity index (χ3v) is 13.7. The first kappa shape index (κ1) is 29.3. The van der Waals surface area contributed by atoms with Crippen LogP contribution >= 0.6 is 0 Å². The van der Waals surface area contributed by atoms with Gasteiger partial charge in [-0.1, -0.05) is 39.5 Å². The fourth-order valence-corrected chi connectivity index (χ4v) is 7.79. The lowest BCUT2D eigenvalue weighted by Crippen LogP contribution is -2.57. The van der Waals surface area contributed by atoms with Gasteiger partial charge in [0.2, 0.25) is 0 Å². The number of benzene rings is 1. The molecule has 7 heteroatoms. The zero-order valence-corrected chi connectivity index (χ0v) is 25.8. The fraction of sp³-hybridized carbons (Fsp3) is 0.677. The van der Waals surface area contributed by atoms with Crippen LogP contribution in [0.15, 0.2) is 43.0 Å². The Morgan fingerprint density at radius 3 is 2.45 bits per heavy atom. The van der Waals surface area contributed by atoms with Gasteiger partial charge < -0.3 is 28.1 Å². The summed E-state index contributed by atoms with van der Waals surface area (Å²) in [5.41, 5.74) is 2.33. The standard InChI is InChI=1S/C31H48O6Si/c1-12-21-17-22(15-20-13-14-23(33-9)24(16-20)34-18-32-8)26-25(21)19(2)27-29(36-31(6,7)35-27)28(26)37-38(10,11)30(3,4)5/h12-14,16,21-22,25-29H,1-2,15,17-18H2,3-11H3/t21-,22-,25+,26-,27-,28-,29-/m1/s1. The number of fused-ring (bicyclic) bond motifs is 2. The Hall–Kier alpha value is -1.64. The van der Waals surface area contributed by atoms with Crippen molar-refractivity contribution >= 4 is 8.32 Å². The van der Waals surface area contributed by atoms with Gasteiger partial charge in [-0.25, -0.2) is 0 Å². The van der Waals surface area contributed by atoms with Gasteiger partial charge in [-0.3, -0.25) is 0 Å². The number of methoxy groups -OCH3 is 2. The van der Waals surface area contributed by atoms with E-state index < -0.39 is 14.1 Å². The van der Waals surface area contributed by atoms with E-state index in [1.54, 1.807) is 14.2 Å². The Morgan fingerprint density at radius 2 is 1.84 bits per heavy atom. The maximum Gasteiger partial charge on any atom is 0.192 e. The first-order valence-corrected chi connectivity index (χ1v) is 16.8. The zero-order chi connectivity index (χ0) is 28.0. The molecule has 0 spiro atoms. The van der Waals surface area contributed by atoms with Crippen molar-refractivity contribution in [3.63, 3.8) is 0 Å². The lowest BCUT2D eigenvalue weighted by atomic mass is 9.68. The van der Waals surface area contributed by atoms with E-state index in [-0.39, 0.29) is 42.0 Å². The van der Waals surface area contributed by atoms with Crippen molar-refractivity contribution in [2.45, 2.75) is 89.7 Å². The molecule has 2 aliphatic carbocycles. The number of rotatable bonds is 9. The van der Waals surface area contributed by atoms with E-state index in [0.29, 0.717) is 23.3 Å². The SMILES string of the molecule is C=C[C@@H]1C[C@@H](Cc2ccc(OC)c(OCOC)c2)[C@H]2[C@@H](O[Si](C)(C)C(C)(C)C)[C@@H]3OC(C)(C)O[C@@H]3C(=C)[C@H]21. The lowest BCUT2D eigenvalue weighted by molar-refractivity contribution is -0.155. The van der Waals surface area contributed by atoms with Gasteiger partial charge in [0.15, 0.2) is 32.4 Å². The zero-order valence-electron chi connectivity index (χ0n) is 24.8. The molecule has 7 atom stereocenters. The van der Waals surface area contributed by atoms with Crippen LogP contribution in [0, 0.1) is 23.7 Å². The smallest absolute Gasteiger partial charge is 0.192 e. The molecule has 0 bridgehead atoms. The predicted octanol–water partition coefficient (Wildman–Crippen LogP) is 6.76. The first-order chi connectivity index (χ1) is 17.7. The fourth-order valence-electron chi connectivity index (χ4n) is 6.46. The van der Waals surface area contributed by atoms with Gasteiger partial charge in [0.05, 0.1) is 13.2 Å². The van der Waals surface area contributed by atoms with Crippen LogP contribution in [0.5, 0.6) is 11.5 Å². The van der Waals surface area contributed by atoms with E-state index in [1.807, 2.05) is 19.9 Å². The van der Waals surface area contributed by atoms with E-state index in [4.69, 9.17) is 28.1 Å². The highest BCUT2D eigenvalue weighted by Crippen LogP contribution is 2.58. The first-order valence-electron chi connectivity index (χ1n) is 13.9. The maximum absolute atomic E-state index is 7.28. The second kappa shape index (κ2) is 10.7. The molecule has 1 saturated heterocycles. The van der Waals surface area contributed by atoms with Crippen LogP contribution < -0.4 is 9.47 Å². The van der Waals surface area contributed by atoms with E-state index in [2.05, 4.69) is 65.2 Å². The Balaban J connectivity index is 1.72. The molecule has 0 N–H and O–H groups in total. The Kier molecular flexibility index (Phi) is 8.29. The summed E-state index contributed by atoms with van der Waals surface area (Å²) in [5, 5.41) is 0.0803. The minimum absolute atomic E-state index is 0.0735. The average Bonchev–Trinajstić information content (AvgIpc) is 3.36. The van der Waals surface area contributed by atoms with Crippen molar-refractivity contribution in [3.05, 3.63) is 48.6 Å². The van der Waals surface area contributed by atoms with Crippen molar-refractivity contribution in [1.82, 2.24) is 0 Å². The van der Waals surface area contributed by atoms with E-state index in [1.165, 1.54) is 5.56 Å². The van der Waals surface area contributed by atoms with Crippen LogP contribution in [0.3, 0.4) is 0 Å². The summed E-state index contributed by atoms with van der Waals surface area (Å²) in [5.74, 6) is 1.90. The molecule has 0 amide bonds. The van der Waals surface area contributed by atoms with Gasteiger partial charge >= 0.3 is 0 Å². The summed E-state index contributed by atoms with van der Waals surface area (Å²) in [4.78, 5) is 0. The van der Waals surface area contributed by atoms with Gasteiger partial charge in [0.1, 0.15) is 12.2 Å². The highest BCUT2D eigenvalue weighted by molar-refractivity contribution is 6.74. The number of hydrogen-bond acceptors (Lipinski definition) is 6. The minimum atomic E-state index is -2.11. The van der Waals surface area contributed by atoms with Crippen molar-refractivity contribution in [2.24, 2.45) is 23.7 Å². The van der Waals surface area contributed by atoms with Crippen molar-refractivity contribution in [2.75, 3.05) is 21.0 Å². The quantitative estimate of drug-likeness (QED) is 0.195. The molecule has 38 heavy (non-hydrogen) atoms. The molecule has 4 rings (SSSR count). The molecule has 3 aliphatic rings. The highest BCUT2D eigenvalue weighted by atomic mass is 28.4. The Morgan fingerprint density at radius 1 is 1.13 bits per heavy atom. The highest BCUT2D eigenvalue weighted by Gasteiger charge is 2.62. The van der Waals surface area contributed by atoms with Crippen molar-refractivity contribution in [3.8, 4) is 11.5 Å². The molecule has 212 valence electrons. The number of allylic oxidation sites excluding steroid dienone is 1. The van der Waals surface area contributed by atoms with Gasteiger partial charge in [-0.15, -0.1) is 6.58 Å². The van der Waals surface area contributed by atoms with Crippen LogP contribution in [0.25, 0.3) is 0 Å². The second-order valence-corrected chi connectivity index (χ2v) is 17.9. The van der Waals surface area contributed by atoms with Gasteiger partial charge in [0.25, 0.3) is 0 Å². The van der Waals surface area contributed by atoms with Crippen LogP contribution in [-0.4, -0.2) is 53.4 Å². The third kappa shape index (κ3) is 5.50. The summed E-state index contributed by atoms with van der Waals surface area (Å²) in [6, 6.07) is 6.20. The summed E-state index contributed by atoms with van der Waals surface area (Å²) >= 11 is 0. The summed E-state index contributed by atoms with van der Waals surface area (Å²) < 4.78 is 36.8. The van der Waals surface area contributed by atoms with Crippen molar-refractivity contribution < 1.29 is 28.1 Å². The van der Waals surface area contributed by atoms with E-state index in [0.717, 1.165) is 18.4 Å². The van der Waals surface area contributed by atoms with E-state index in [9.17, 15) is 0 Å². The largest absolute Gasteiger partial charge is 0.493 e. The second-order valence-electron chi connectivity index (χ2n) is 13.2. The van der Waals surface area contributed by atoms with E-state index >= 15 is 0 Å². The van der Waals surface area contributed by atoms with Crippen LogP contribution in [0.4, 0.5) is 0 Å². The number of ether oxygens (including phenoxy) is 5. The Bertz CT molecular complexity index is 1030. The summed E-state index contributed by atoms with van der Waals surface area (Å²) in [7, 11) is 1.16. The minimum Gasteiger partial charge on any atom is -0.493 e. The monoisotopic (exact) mass is 544 g/mol. The van der Waals surface area contributed by atoms with Crippen LogP contribution in [0.2, 0.25) is 18.1 Å². The molecule has 1 aromatic carbocycles. The molecular weight excluding hydrogens is 496 g/mol. The van der Waals surface area contributed by atoms with Gasteiger partial charge in [-0.05, 0) is 91.8 Å². The normalized spacial score (nSPS) is 32.6. The molecule has 0 unspecified atom stereocenters. The lowest BCUT2D eigenvalue weighted by Gasteiger charge is -2.49. The Labute approximate surface area is 230 Å². The molecular formula is C31H48O6Si. The summed E-state index contributed by atoms with van der Waals surface area (Å²) in [6.07, 6.45) is 3.63. The number of hydrogen-bond donors (Lipinski definition) is 0. The molecule has 1 aromatic rings. The predicted molar refractivity (Wildman–Crippen MR) is 153 cm³/mol. The van der Waals surface area contributed by atoms with Crippen LogP contribution in [-0.2, 0) is 25.1 Å². The van der Waals surface area contributed by atoms with Crippen LogP contribution in [0.1, 0.15) is 46.6 Å². The topological polar surface area (TPSA) is 55.4 Å². The van der Waals surface area contributed by atoms with Gasteiger partial charge in [0, 0.05) is 7.11 Å².